The average molecular weight is 551 g/mol. The average Bonchev–Trinajstić information content (AvgIpc) is 3.48. The van der Waals surface area contributed by atoms with Crippen LogP contribution in [0.2, 0.25) is 0 Å². The number of amides is 1. The predicted molar refractivity (Wildman–Crippen MR) is 137 cm³/mol. The number of anilines is 1. The summed E-state index contributed by atoms with van der Waals surface area (Å²) in [4.78, 5) is 13.6. The maximum atomic E-state index is 13.3. The maximum absolute atomic E-state index is 13.3. The number of aromatic amines is 1. The number of nitrogens with zero attached hydrogens (tertiary/aromatic N) is 4. The van der Waals surface area contributed by atoms with Gasteiger partial charge in [0.1, 0.15) is 5.69 Å². The van der Waals surface area contributed by atoms with E-state index in [1.807, 2.05) is 41.9 Å². The summed E-state index contributed by atoms with van der Waals surface area (Å²) in [5, 5.41) is 17.9. The van der Waals surface area contributed by atoms with Crippen molar-refractivity contribution < 1.29 is 13.2 Å². The minimum Gasteiger partial charge on any atom is -0.339 e. The molecule has 5 rings (SSSR count). The number of tetrazole rings is 1. The lowest BCUT2D eigenvalue weighted by Crippen LogP contribution is -2.16. The zero-order valence-electron chi connectivity index (χ0n) is 18.7. The van der Waals surface area contributed by atoms with Crippen molar-refractivity contribution in [3.63, 3.8) is 0 Å². The summed E-state index contributed by atoms with van der Waals surface area (Å²) in [6, 6.07) is 19.7. The molecule has 9 nitrogen and oxygen atoms in total. The van der Waals surface area contributed by atoms with Crippen LogP contribution in [0.4, 0.5) is 5.69 Å². The fourth-order valence-corrected chi connectivity index (χ4v) is 5.01. The molecule has 0 saturated carbocycles. The summed E-state index contributed by atoms with van der Waals surface area (Å²) in [6.45, 7) is 0. The third kappa shape index (κ3) is 4.35. The van der Waals surface area contributed by atoms with Crippen LogP contribution in [0.5, 0.6) is 0 Å². The number of halogens is 1. The van der Waals surface area contributed by atoms with Gasteiger partial charge in [0.25, 0.3) is 5.91 Å². The molecule has 0 fully saturated rings. The van der Waals surface area contributed by atoms with E-state index in [-0.39, 0.29) is 10.8 Å². The molecule has 2 heterocycles. The number of rotatable bonds is 5. The number of hydrogen-bond donors (Lipinski definition) is 2. The summed E-state index contributed by atoms with van der Waals surface area (Å²) in [7, 11) is -1.46. The molecule has 0 aliphatic rings. The molecule has 0 atom stereocenters. The molecule has 1 amide bonds. The van der Waals surface area contributed by atoms with Crippen molar-refractivity contribution in [3.8, 4) is 22.5 Å². The van der Waals surface area contributed by atoms with Crippen molar-refractivity contribution in [1.29, 1.82) is 0 Å². The number of sulfone groups is 1. The minimum absolute atomic E-state index is 0.257. The molecule has 2 aromatic heterocycles. The number of H-pyrrole nitrogens is 1. The molecule has 0 radical (unpaired) electrons. The van der Waals surface area contributed by atoms with Gasteiger partial charge < -0.3 is 9.88 Å². The molecule has 0 spiro atoms. The first-order valence-electron chi connectivity index (χ1n) is 10.5. The molecule has 0 bridgehead atoms. The molecule has 35 heavy (non-hydrogen) atoms. The van der Waals surface area contributed by atoms with E-state index >= 15 is 0 Å². The number of hydrogen-bond acceptors (Lipinski definition) is 6. The molecule has 0 aliphatic heterocycles. The fraction of sp³-hybridized carbons (Fsp3) is 0.0833. The van der Waals surface area contributed by atoms with E-state index < -0.39 is 9.84 Å². The molecule has 176 valence electrons. The van der Waals surface area contributed by atoms with Gasteiger partial charge in [0, 0.05) is 34.3 Å². The number of carbonyl (C=O) groups is 1. The lowest BCUT2D eigenvalue weighted by Gasteiger charge is -2.11. The van der Waals surface area contributed by atoms with Gasteiger partial charge in [0.05, 0.1) is 16.1 Å². The zero-order chi connectivity index (χ0) is 24.7. The molecular formula is C24H19BrN6O3S. The topological polar surface area (TPSA) is 123 Å². The Hall–Kier alpha value is -3.83. The molecule has 0 saturated heterocycles. The number of carbonyl (C=O) groups excluding carboxylic acids is 1. The SMILES string of the molecule is Cn1c(C(=O)Nc2ccc(Br)cc2-c2nn[nH]n2)cc2cccc(-c3ccc(S(C)(=O)=O)cc3)c21. The monoisotopic (exact) mass is 550 g/mol. The van der Waals surface area contributed by atoms with Gasteiger partial charge in [-0.2, -0.15) is 5.21 Å². The number of aryl methyl sites for hydroxylation is 1. The molecule has 11 heteroatoms. The quantitative estimate of drug-likeness (QED) is 0.333. The van der Waals surface area contributed by atoms with Crippen LogP contribution in [0, 0.1) is 0 Å². The Labute approximate surface area is 209 Å². The van der Waals surface area contributed by atoms with E-state index in [0.717, 1.165) is 26.5 Å². The van der Waals surface area contributed by atoms with Crippen LogP contribution in [0.25, 0.3) is 33.4 Å². The molecule has 5 aromatic rings. The number of para-hydroxylation sites is 1. The van der Waals surface area contributed by atoms with Gasteiger partial charge in [0.2, 0.25) is 5.82 Å². The zero-order valence-corrected chi connectivity index (χ0v) is 21.1. The van der Waals surface area contributed by atoms with Crippen LogP contribution in [0.15, 0.2) is 76.1 Å². The van der Waals surface area contributed by atoms with E-state index in [4.69, 9.17) is 0 Å². The standard InChI is InChI=1S/C24H19BrN6O3S/c1-31-21(24(32)26-20-11-8-16(25)13-19(20)23-27-29-30-28-23)12-15-4-3-5-18(22(15)31)14-6-9-17(10-7-14)35(2,33)34/h3-13H,1-2H3,(H,26,32)(H,27,28,29,30). The van der Waals surface area contributed by atoms with Gasteiger partial charge in [-0.25, -0.2) is 8.42 Å². The summed E-state index contributed by atoms with van der Waals surface area (Å²) in [5.74, 6) is 0.0626. The van der Waals surface area contributed by atoms with Gasteiger partial charge >= 0.3 is 0 Å². The second-order valence-corrected chi connectivity index (χ2v) is 10.9. The van der Waals surface area contributed by atoms with Crippen LogP contribution in [-0.2, 0) is 16.9 Å². The van der Waals surface area contributed by atoms with Crippen molar-refractivity contribution in [2.45, 2.75) is 4.90 Å². The third-order valence-electron chi connectivity index (χ3n) is 5.70. The number of benzene rings is 3. The Bertz CT molecular complexity index is 1680. The van der Waals surface area contributed by atoms with Crippen molar-refractivity contribution >= 4 is 48.3 Å². The van der Waals surface area contributed by atoms with Gasteiger partial charge in [-0.3, -0.25) is 4.79 Å². The third-order valence-corrected chi connectivity index (χ3v) is 7.32. The number of fused-ring (bicyclic) bond motifs is 1. The second-order valence-electron chi connectivity index (χ2n) is 8.01. The van der Waals surface area contributed by atoms with Gasteiger partial charge in [-0.1, -0.05) is 46.3 Å². The van der Waals surface area contributed by atoms with E-state index in [1.165, 1.54) is 6.26 Å². The van der Waals surface area contributed by atoms with E-state index in [1.54, 1.807) is 36.4 Å². The summed E-state index contributed by atoms with van der Waals surface area (Å²) >= 11 is 3.44. The summed E-state index contributed by atoms with van der Waals surface area (Å²) < 4.78 is 26.3. The van der Waals surface area contributed by atoms with Crippen LogP contribution in [0.3, 0.4) is 0 Å². The first kappa shape index (κ1) is 22.9. The fourth-order valence-electron chi connectivity index (χ4n) is 4.02. The molecule has 0 unspecified atom stereocenters. The highest BCUT2D eigenvalue weighted by Crippen LogP contribution is 2.33. The predicted octanol–water partition coefficient (Wildman–Crippen LogP) is 4.44. The maximum Gasteiger partial charge on any atom is 0.272 e. The normalized spacial score (nSPS) is 11.6. The van der Waals surface area contributed by atoms with Crippen molar-refractivity contribution in [1.82, 2.24) is 25.2 Å². The smallest absolute Gasteiger partial charge is 0.272 e. The van der Waals surface area contributed by atoms with Crippen LogP contribution in [-0.4, -0.2) is 45.8 Å². The van der Waals surface area contributed by atoms with Crippen LogP contribution < -0.4 is 5.32 Å². The minimum atomic E-state index is -3.29. The molecular weight excluding hydrogens is 532 g/mol. The van der Waals surface area contributed by atoms with Crippen molar-refractivity contribution in [3.05, 3.63) is 76.9 Å². The van der Waals surface area contributed by atoms with Gasteiger partial charge in [0.15, 0.2) is 9.84 Å². The van der Waals surface area contributed by atoms with E-state index in [0.29, 0.717) is 22.8 Å². The Morgan fingerprint density at radius 3 is 2.49 bits per heavy atom. The van der Waals surface area contributed by atoms with Crippen molar-refractivity contribution in [2.75, 3.05) is 11.6 Å². The lowest BCUT2D eigenvalue weighted by molar-refractivity contribution is 0.102. The van der Waals surface area contributed by atoms with Crippen LogP contribution in [0.1, 0.15) is 10.5 Å². The highest BCUT2D eigenvalue weighted by molar-refractivity contribution is 9.10. The second kappa shape index (κ2) is 8.75. The van der Waals surface area contributed by atoms with Crippen molar-refractivity contribution in [2.24, 2.45) is 7.05 Å². The molecule has 3 aromatic carbocycles. The van der Waals surface area contributed by atoms with E-state index in [9.17, 15) is 13.2 Å². The molecule has 2 N–H and O–H groups in total. The Balaban J connectivity index is 1.54. The number of aromatic nitrogens is 5. The molecule has 0 aliphatic carbocycles. The lowest BCUT2D eigenvalue weighted by atomic mass is 10.0. The largest absolute Gasteiger partial charge is 0.339 e. The summed E-state index contributed by atoms with van der Waals surface area (Å²) in [5.41, 5.74) is 4.22. The number of nitrogens with one attached hydrogen (secondary N) is 2. The van der Waals surface area contributed by atoms with E-state index in [2.05, 4.69) is 41.9 Å². The first-order valence-corrected chi connectivity index (χ1v) is 13.1. The summed E-state index contributed by atoms with van der Waals surface area (Å²) in [6.07, 6.45) is 1.18. The highest BCUT2D eigenvalue weighted by Gasteiger charge is 2.19. The highest BCUT2D eigenvalue weighted by atomic mass is 79.9. The van der Waals surface area contributed by atoms with Crippen LogP contribution >= 0.6 is 15.9 Å². The first-order chi connectivity index (χ1) is 16.7. The Kier molecular flexibility index (Phi) is 5.73. The Morgan fingerprint density at radius 1 is 1.03 bits per heavy atom. The Morgan fingerprint density at radius 2 is 1.80 bits per heavy atom. The van der Waals surface area contributed by atoms with Gasteiger partial charge in [-0.15, -0.1) is 10.2 Å². The van der Waals surface area contributed by atoms with Gasteiger partial charge in [-0.05, 0) is 47.2 Å².